The molecule has 0 aliphatic rings. The first kappa shape index (κ1) is 20.2. The highest BCUT2D eigenvalue weighted by molar-refractivity contribution is 5.70. The molecule has 1 aromatic rings. The average molecular weight is 344 g/mol. The molecule has 1 aromatic carbocycles. The zero-order valence-corrected chi connectivity index (χ0v) is 14.6. The highest BCUT2D eigenvalue weighted by Crippen LogP contribution is 2.27. The van der Waals surface area contributed by atoms with E-state index in [9.17, 15) is 14.7 Å². The van der Waals surface area contributed by atoms with Gasteiger partial charge in [-0.15, -0.1) is 0 Å². The van der Waals surface area contributed by atoms with Crippen molar-refractivity contribution in [2.24, 2.45) is 0 Å². The predicted molar refractivity (Wildman–Crippen MR) is 96.4 cm³/mol. The molecule has 1 N–H and O–H groups in total. The zero-order valence-electron chi connectivity index (χ0n) is 14.6. The van der Waals surface area contributed by atoms with E-state index < -0.39 is 5.97 Å². The number of ether oxygens (including phenoxy) is 2. The van der Waals surface area contributed by atoms with Crippen LogP contribution < -0.4 is 4.74 Å². The lowest BCUT2D eigenvalue weighted by molar-refractivity contribution is -0.140. The maximum atomic E-state index is 10.9. The minimum atomic E-state index is -0.460. The molecule has 0 atom stereocenters. The molecule has 134 valence electrons. The number of benzene rings is 1. The van der Waals surface area contributed by atoms with E-state index in [0.717, 1.165) is 18.4 Å². The minimum Gasteiger partial charge on any atom is -0.504 e. The summed E-state index contributed by atoms with van der Waals surface area (Å²) in [5.74, 6) is -0.579. The number of aryl methyl sites for hydroxylation is 1. The lowest BCUT2D eigenvalue weighted by Crippen LogP contribution is -2.01. The molecule has 5 heteroatoms. The van der Waals surface area contributed by atoms with Gasteiger partial charge in [-0.2, -0.15) is 0 Å². The Hall–Kier alpha value is -2.82. The van der Waals surface area contributed by atoms with Gasteiger partial charge in [0.15, 0.2) is 11.5 Å². The molecule has 0 heterocycles. The second-order valence-corrected chi connectivity index (χ2v) is 5.30. The molecule has 1 rings (SSSR count). The molecule has 0 fully saturated rings. The largest absolute Gasteiger partial charge is 0.504 e. The van der Waals surface area contributed by atoms with Crippen LogP contribution in [0.5, 0.6) is 11.5 Å². The Morgan fingerprint density at radius 2 is 1.68 bits per heavy atom. The van der Waals surface area contributed by atoms with Crippen molar-refractivity contribution in [3.8, 4) is 11.5 Å². The first-order valence-corrected chi connectivity index (χ1v) is 8.11. The van der Waals surface area contributed by atoms with Crippen molar-refractivity contribution in [1.29, 1.82) is 0 Å². The predicted octanol–water partition coefficient (Wildman–Crippen LogP) is 3.87. The molecule has 0 aliphatic heterocycles. The van der Waals surface area contributed by atoms with Gasteiger partial charge in [-0.3, -0.25) is 9.59 Å². The van der Waals surface area contributed by atoms with E-state index in [1.54, 1.807) is 12.1 Å². The van der Waals surface area contributed by atoms with Crippen molar-refractivity contribution in [2.75, 3.05) is 6.61 Å². The zero-order chi connectivity index (χ0) is 18.5. The van der Waals surface area contributed by atoms with Crippen LogP contribution >= 0.6 is 0 Å². The highest BCUT2D eigenvalue weighted by atomic mass is 16.5. The van der Waals surface area contributed by atoms with Gasteiger partial charge >= 0.3 is 11.9 Å². The molecule has 0 saturated carbocycles. The topological polar surface area (TPSA) is 72.8 Å². The van der Waals surface area contributed by atoms with E-state index >= 15 is 0 Å². The molecule has 0 unspecified atom stereocenters. The third-order valence-corrected chi connectivity index (χ3v) is 3.07. The Labute approximate surface area is 148 Å². The van der Waals surface area contributed by atoms with Crippen LogP contribution in [0.4, 0.5) is 0 Å². The maximum absolute atomic E-state index is 10.9. The van der Waals surface area contributed by atoms with Crippen LogP contribution in [0, 0.1) is 0 Å². The van der Waals surface area contributed by atoms with E-state index in [1.807, 2.05) is 42.5 Å². The number of hydrogen-bond acceptors (Lipinski definition) is 5. The number of carbonyl (C=O) groups excluding carboxylic acids is 2. The Morgan fingerprint density at radius 1 is 1.00 bits per heavy atom. The van der Waals surface area contributed by atoms with Gasteiger partial charge < -0.3 is 14.6 Å². The number of aromatic hydroxyl groups is 1. The first-order valence-electron chi connectivity index (χ1n) is 8.11. The van der Waals surface area contributed by atoms with E-state index in [2.05, 4.69) is 0 Å². The number of carbonyl (C=O) groups is 2. The van der Waals surface area contributed by atoms with Crippen molar-refractivity contribution >= 4 is 11.9 Å². The summed E-state index contributed by atoms with van der Waals surface area (Å²) in [7, 11) is 0. The van der Waals surface area contributed by atoms with E-state index in [0.29, 0.717) is 13.0 Å². The fourth-order valence-electron chi connectivity index (χ4n) is 1.96. The summed E-state index contributed by atoms with van der Waals surface area (Å²) < 4.78 is 9.68. The molecule has 0 aromatic heterocycles. The maximum Gasteiger partial charge on any atom is 0.308 e. The molecule has 0 saturated heterocycles. The summed E-state index contributed by atoms with van der Waals surface area (Å²) in [4.78, 5) is 21.4. The molecule has 0 amide bonds. The summed E-state index contributed by atoms with van der Waals surface area (Å²) in [6, 6.07) is 5.03. The van der Waals surface area contributed by atoms with Gasteiger partial charge in [0.2, 0.25) is 0 Å². The fourth-order valence-corrected chi connectivity index (χ4v) is 1.96. The number of hydrogen-bond donors (Lipinski definition) is 1. The van der Waals surface area contributed by atoms with Crippen molar-refractivity contribution in [1.82, 2.24) is 0 Å². The van der Waals surface area contributed by atoms with Crippen LogP contribution in [-0.2, 0) is 20.7 Å². The number of phenolic OH excluding ortho intramolecular Hbond substituents is 1. The van der Waals surface area contributed by atoms with Gasteiger partial charge in [-0.25, -0.2) is 0 Å². The van der Waals surface area contributed by atoms with Gasteiger partial charge in [0.1, 0.15) is 0 Å². The second kappa shape index (κ2) is 11.7. The van der Waals surface area contributed by atoms with Crippen LogP contribution in [0.15, 0.2) is 54.7 Å². The van der Waals surface area contributed by atoms with Crippen LogP contribution in [0.2, 0.25) is 0 Å². The second-order valence-electron chi connectivity index (χ2n) is 5.30. The summed E-state index contributed by atoms with van der Waals surface area (Å²) in [6.07, 6.45) is 13.9. The SMILES string of the molecule is CC(=O)OCC/C=C/C=C/C=C/CCc1ccc(OC(C)=O)c(O)c1. The quantitative estimate of drug-likeness (QED) is 0.319. The smallest absolute Gasteiger partial charge is 0.308 e. The van der Waals surface area contributed by atoms with Crippen LogP contribution in [0.25, 0.3) is 0 Å². The van der Waals surface area contributed by atoms with Crippen molar-refractivity contribution < 1.29 is 24.2 Å². The van der Waals surface area contributed by atoms with E-state index in [4.69, 9.17) is 9.47 Å². The van der Waals surface area contributed by atoms with Gasteiger partial charge in [0.25, 0.3) is 0 Å². The third kappa shape index (κ3) is 9.81. The molecular formula is C20H24O5. The van der Waals surface area contributed by atoms with Crippen LogP contribution in [0.3, 0.4) is 0 Å². The normalized spacial score (nSPS) is 11.4. The number of phenols is 1. The lowest BCUT2D eigenvalue weighted by Gasteiger charge is -2.06. The summed E-state index contributed by atoms with van der Waals surface area (Å²) in [5.41, 5.74) is 0.965. The highest BCUT2D eigenvalue weighted by Gasteiger charge is 2.05. The minimum absolute atomic E-state index is 0.0320. The Balaban J connectivity index is 2.28. The molecule has 0 aliphatic carbocycles. The monoisotopic (exact) mass is 344 g/mol. The molecule has 25 heavy (non-hydrogen) atoms. The van der Waals surface area contributed by atoms with Crippen LogP contribution in [0.1, 0.15) is 32.3 Å². The summed E-state index contributed by atoms with van der Waals surface area (Å²) in [6.45, 7) is 3.09. The van der Waals surface area contributed by atoms with Gasteiger partial charge in [0.05, 0.1) is 6.61 Å². The average Bonchev–Trinajstić information content (AvgIpc) is 2.54. The number of rotatable bonds is 9. The Kier molecular flexibility index (Phi) is 9.45. The van der Waals surface area contributed by atoms with Gasteiger partial charge in [-0.05, 0) is 37.0 Å². The standard InChI is InChI=1S/C20H24O5/c1-16(21)24-14-10-8-6-4-3-5-7-9-11-18-12-13-20(19(23)15-18)25-17(2)22/h3-8,12-13,15,23H,9-11,14H2,1-2H3/b4-3+,7-5+,8-6+. The molecule has 0 radical (unpaired) electrons. The Morgan fingerprint density at radius 3 is 2.28 bits per heavy atom. The van der Waals surface area contributed by atoms with Crippen molar-refractivity contribution in [2.45, 2.75) is 33.1 Å². The summed E-state index contributed by atoms with van der Waals surface area (Å²) >= 11 is 0. The number of esters is 2. The Bertz CT molecular complexity index is 656. The molecule has 5 nitrogen and oxygen atoms in total. The molecule has 0 bridgehead atoms. The number of allylic oxidation sites excluding steroid dienone is 5. The van der Waals surface area contributed by atoms with Gasteiger partial charge in [0, 0.05) is 13.8 Å². The van der Waals surface area contributed by atoms with E-state index in [-0.39, 0.29) is 17.5 Å². The fraction of sp³-hybridized carbons (Fsp3) is 0.300. The van der Waals surface area contributed by atoms with E-state index in [1.165, 1.54) is 13.8 Å². The third-order valence-electron chi connectivity index (χ3n) is 3.07. The van der Waals surface area contributed by atoms with Crippen molar-refractivity contribution in [3.63, 3.8) is 0 Å². The molecular weight excluding hydrogens is 320 g/mol. The molecule has 0 spiro atoms. The summed E-state index contributed by atoms with van der Waals surface area (Å²) in [5, 5.41) is 9.79. The lowest BCUT2D eigenvalue weighted by atomic mass is 10.1. The van der Waals surface area contributed by atoms with Crippen molar-refractivity contribution in [3.05, 3.63) is 60.2 Å². The van der Waals surface area contributed by atoms with Gasteiger partial charge in [-0.1, -0.05) is 42.5 Å². The first-order chi connectivity index (χ1) is 12.0. The van der Waals surface area contributed by atoms with Crippen LogP contribution in [-0.4, -0.2) is 23.7 Å².